The normalized spacial score (nSPS) is 30.1. The average molecular weight is 597 g/mol. The van der Waals surface area contributed by atoms with Crippen molar-refractivity contribution in [3.8, 4) is 11.5 Å². The third-order valence-corrected chi connectivity index (χ3v) is 11.5. The van der Waals surface area contributed by atoms with Gasteiger partial charge in [-0.2, -0.15) is 4.31 Å². The van der Waals surface area contributed by atoms with Crippen molar-refractivity contribution in [2.24, 2.45) is 0 Å². The van der Waals surface area contributed by atoms with Crippen molar-refractivity contribution in [3.63, 3.8) is 0 Å². The number of hydrogen-bond donors (Lipinski definition) is 2. The lowest BCUT2D eigenvalue weighted by atomic mass is 9.48. The number of hydrogen-bond acceptors (Lipinski definition) is 7. The van der Waals surface area contributed by atoms with Crippen molar-refractivity contribution in [2.45, 2.75) is 59.8 Å². The molecule has 0 radical (unpaired) electrons. The summed E-state index contributed by atoms with van der Waals surface area (Å²) in [7, 11) is -2.40. The molecule has 1 aromatic heterocycles. The summed E-state index contributed by atoms with van der Waals surface area (Å²) >= 11 is 6.16. The van der Waals surface area contributed by atoms with Crippen LogP contribution in [0.2, 0.25) is 5.02 Å². The number of furan rings is 1. The van der Waals surface area contributed by atoms with Crippen LogP contribution in [-0.4, -0.2) is 61.2 Å². The zero-order valence-electron chi connectivity index (χ0n) is 22.2. The largest absolute Gasteiger partial charge is 0.493 e. The number of aliphatic hydroxyl groups is 1. The number of carbonyl (C=O) groups is 1. The first-order chi connectivity index (χ1) is 19.7. The lowest BCUT2D eigenvalue weighted by Gasteiger charge is -2.63. The van der Waals surface area contributed by atoms with E-state index in [2.05, 4.69) is 5.32 Å². The number of halogens is 1. The van der Waals surface area contributed by atoms with Gasteiger partial charge in [0.15, 0.2) is 11.5 Å². The van der Waals surface area contributed by atoms with Crippen LogP contribution in [0.4, 0.5) is 0 Å². The van der Waals surface area contributed by atoms with E-state index in [4.69, 9.17) is 25.5 Å². The Bertz CT molecular complexity index is 1670. The number of nitrogens with one attached hydrogen (secondary N) is 1. The van der Waals surface area contributed by atoms with E-state index in [1.165, 1.54) is 28.8 Å². The van der Waals surface area contributed by atoms with E-state index >= 15 is 0 Å². The summed E-state index contributed by atoms with van der Waals surface area (Å²) in [5.41, 5.74) is 0.183. The molecule has 2 aromatic carbocycles. The van der Waals surface area contributed by atoms with Crippen molar-refractivity contribution in [1.82, 2.24) is 9.62 Å². The zero-order chi connectivity index (χ0) is 28.6. The first-order valence-electron chi connectivity index (χ1n) is 13.6. The molecule has 5 atom stereocenters. The quantitative estimate of drug-likeness (QED) is 0.417. The Morgan fingerprint density at radius 2 is 2.10 bits per heavy atom. The number of carbonyl (C=O) groups excluding carboxylic acids is 1. The molecule has 1 saturated heterocycles. The molecule has 214 valence electrons. The van der Waals surface area contributed by atoms with E-state index in [1.807, 2.05) is 12.1 Å². The first-order valence-corrected chi connectivity index (χ1v) is 15.4. The number of nitrogens with zero attached hydrogens (tertiary/aromatic N) is 1. The number of piperidine rings is 1. The molecule has 3 heterocycles. The molecule has 1 spiro atoms. The van der Waals surface area contributed by atoms with Gasteiger partial charge in [-0.05, 0) is 67.7 Å². The third-order valence-electron chi connectivity index (χ3n) is 9.32. The number of rotatable bonds is 6. The van der Waals surface area contributed by atoms with Crippen LogP contribution in [0.3, 0.4) is 0 Å². The Labute approximate surface area is 242 Å². The van der Waals surface area contributed by atoms with Crippen molar-refractivity contribution in [2.75, 3.05) is 13.7 Å². The monoisotopic (exact) mass is 596 g/mol. The molecule has 41 heavy (non-hydrogen) atoms. The van der Waals surface area contributed by atoms with Crippen LogP contribution in [0, 0.1) is 0 Å². The van der Waals surface area contributed by atoms with Gasteiger partial charge in [0.2, 0.25) is 15.9 Å². The number of methoxy groups -OCH3 is 1. The van der Waals surface area contributed by atoms with Crippen LogP contribution in [0.25, 0.3) is 6.08 Å². The van der Waals surface area contributed by atoms with E-state index in [-0.39, 0.29) is 23.8 Å². The van der Waals surface area contributed by atoms with Gasteiger partial charge in [0, 0.05) is 28.8 Å². The molecular weight excluding hydrogens is 568 g/mol. The van der Waals surface area contributed by atoms with Gasteiger partial charge in [-0.3, -0.25) is 4.79 Å². The summed E-state index contributed by atoms with van der Waals surface area (Å²) in [4.78, 5) is 13.1. The molecule has 2 bridgehead atoms. The molecule has 2 aliphatic carbocycles. The average Bonchev–Trinajstić information content (AvgIpc) is 3.59. The standard InChI is InChI=1S/C30H29ClN2O7S/c1-38-23-7-6-19-15-24-30(35)11-9-22(32-25(34)8-5-18-10-14-39-17-18)28-29(30,26(19)27(23)40-28)12-13-33(24)41(36,37)21-4-2-3-20(31)16-21/h2-8,10,14,16-17,22,24,28,35H,9,11-13,15H2,1H3,(H,32,34)/b8-5+/t22-,24-,28+,29+,30-/m1/s1. The highest BCUT2D eigenvalue weighted by Gasteiger charge is 2.74. The Morgan fingerprint density at radius 1 is 1.24 bits per heavy atom. The van der Waals surface area contributed by atoms with Gasteiger partial charge in [-0.15, -0.1) is 0 Å². The van der Waals surface area contributed by atoms with Crippen LogP contribution in [0.1, 0.15) is 36.0 Å². The summed E-state index contributed by atoms with van der Waals surface area (Å²) in [6.45, 7) is 0.179. The van der Waals surface area contributed by atoms with Gasteiger partial charge < -0.3 is 24.3 Å². The maximum Gasteiger partial charge on any atom is 0.244 e. The zero-order valence-corrected chi connectivity index (χ0v) is 23.8. The Kier molecular flexibility index (Phi) is 6.06. The minimum atomic E-state index is -3.97. The van der Waals surface area contributed by atoms with Gasteiger partial charge in [-0.1, -0.05) is 23.7 Å². The molecule has 9 nitrogen and oxygen atoms in total. The van der Waals surface area contributed by atoms with E-state index in [1.54, 1.807) is 37.6 Å². The minimum Gasteiger partial charge on any atom is -0.493 e. The summed E-state index contributed by atoms with van der Waals surface area (Å²) < 4.78 is 46.7. The van der Waals surface area contributed by atoms with Crippen LogP contribution in [-0.2, 0) is 26.7 Å². The van der Waals surface area contributed by atoms with Gasteiger partial charge in [0.25, 0.3) is 0 Å². The van der Waals surface area contributed by atoms with E-state index in [0.717, 1.165) is 16.7 Å². The molecule has 11 heteroatoms. The second-order valence-corrected chi connectivity index (χ2v) is 13.5. The molecule has 2 N–H and O–H groups in total. The maximum absolute atomic E-state index is 14.0. The fraction of sp³-hybridized carbons (Fsp3) is 0.367. The number of ether oxygens (including phenoxy) is 2. The summed E-state index contributed by atoms with van der Waals surface area (Å²) in [6.07, 6.45) is 6.90. The highest BCUT2D eigenvalue weighted by Crippen LogP contribution is 2.65. The highest BCUT2D eigenvalue weighted by atomic mass is 35.5. The molecule has 2 aliphatic heterocycles. The van der Waals surface area contributed by atoms with Gasteiger partial charge in [0.1, 0.15) is 6.10 Å². The predicted molar refractivity (Wildman–Crippen MR) is 150 cm³/mol. The van der Waals surface area contributed by atoms with Crippen LogP contribution < -0.4 is 14.8 Å². The van der Waals surface area contributed by atoms with E-state index < -0.39 is 39.2 Å². The molecule has 7 rings (SSSR count). The van der Waals surface area contributed by atoms with Gasteiger partial charge in [-0.25, -0.2) is 8.42 Å². The number of benzene rings is 2. The molecule has 0 unspecified atom stereocenters. The lowest BCUT2D eigenvalue weighted by Crippen LogP contribution is -2.78. The summed E-state index contributed by atoms with van der Waals surface area (Å²) in [5.74, 6) is 0.818. The first kappa shape index (κ1) is 26.6. The topological polar surface area (TPSA) is 118 Å². The summed E-state index contributed by atoms with van der Waals surface area (Å²) in [6, 6.07) is 10.6. The molecule has 1 saturated carbocycles. The Balaban J connectivity index is 1.30. The van der Waals surface area contributed by atoms with Crippen molar-refractivity contribution in [1.29, 1.82) is 0 Å². The second-order valence-electron chi connectivity index (χ2n) is 11.2. The van der Waals surface area contributed by atoms with Gasteiger partial charge in [0.05, 0.1) is 47.6 Å². The second kappa shape index (κ2) is 9.35. The van der Waals surface area contributed by atoms with Crippen LogP contribution in [0.5, 0.6) is 11.5 Å². The smallest absolute Gasteiger partial charge is 0.244 e. The number of sulfonamides is 1. The molecule has 3 aromatic rings. The Hall–Kier alpha value is -3.31. The predicted octanol–water partition coefficient (Wildman–Crippen LogP) is 3.68. The minimum absolute atomic E-state index is 0.0929. The summed E-state index contributed by atoms with van der Waals surface area (Å²) in [5, 5.41) is 16.1. The van der Waals surface area contributed by atoms with Crippen molar-refractivity contribution < 1.29 is 32.2 Å². The fourth-order valence-corrected chi connectivity index (χ4v) is 9.60. The Morgan fingerprint density at radius 3 is 2.85 bits per heavy atom. The highest BCUT2D eigenvalue weighted by molar-refractivity contribution is 7.89. The third kappa shape index (κ3) is 3.74. The molecule has 1 amide bonds. The van der Waals surface area contributed by atoms with Crippen molar-refractivity contribution >= 4 is 33.6 Å². The van der Waals surface area contributed by atoms with Crippen LogP contribution >= 0.6 is 11.6 Å². The maximum atomic E-state index is 14.0. The SMILES string of the molecule is COc1ccc2c3c1O[C@H]1[C@H](NC(=O)/C=C/c4ccoc4)CC[C@@]4(O)[C@@H](C2)N(S(=O)(=O)c2cccc(Cl)c2)CC[C@]314. The lowest BCUT2D eigenvalue weighted by molar-refractivity contribution is -0.177. The van der Waals surface area contributed by atoms with Gasteiger partial charge >= 0.3 is 0 Å². The molecular formula is C30H29ClN2O7S. The van der Waals surface area contributed by atoms with Crippen LogP contribution in [0.15, 0.2) is 70.4 Å². The van der Waals surface area contributed by atoms with E-state index in [0.29, 0.717) is 35.8 Å². The molecule has 2 fully saturated rings. The van der Waals surface area contributed by atoms with Crippen molar-refractivity contribution in [3.05, 3.63) is 82.8 Å². The number of amides is 1. The fourth-order valence-electron chi connectivity index (χ4n) is 7.63. The van der Waals surface area contributed by atoms with E-state index in [9.17, 15) is 18.3 Å². The molecule has 4 aliphatic rings.